The van der Waals surface area contributed by atoms with Crippen molar-refractivity contribution in [3.8, 4) is 0 Å². The molecule has 0 saturated carbocycles. The van der Waals surface area contributed by atoms with E-state index in [1.807, 2.05) is 0 Å². The van der Waals surface area contributed by atoms with Gasteiger partial charge >= 0.3 is 5.97 Å². The van der Waals surface area contributed by atoms with Crippen LogP contribution in [0.15, 0.2) is 0 Å². The van der Waals surface area contributed by atoms with Crippen LogP contribution in [-0.4, -0.2) is 104 Å². The highest BCUT2D eigenvalue weighted by Crippen LogP contribution is 2.22. The minimum Gasteiger partial charge on any atom is -0.481 e. The van der Waals surface area contributed by atoms with E-state index in [0.717, 1.165) is 0 Å². The minimum atomic E-state index is -1.58. The summed E-state index contributed by atoms with van der Waals surface area (Å²) in [5.74, 6) is -2.52. The van der Waals surface area contributed by atoms with Gasteiger partial charge in [0.1, 0.15) is 30.5 Å². The normalized spacial score (nSPS) is 29.0. The van der Waals surface area contributed by atoms with Crippen LogP contribution in [0.1, 0.15) is 32.6 Å². The molecule has 12 nitrogen and oxygen atoms in total. The Bertz CT molecular complexity index is 560. The van der Waals surface area contributed by atoms with Gasteiger partial charge in [-0.15, -0.1) is 0 Å². The number of aliphatic hydroxyl groups excluding tert-OH is 5. The number of amides is 2. The number of carboxylic acids is 1. The molecule has 12 heteroatoms. The summed E-state index contributed by atoms with van der Waals surface area (Å²) < 4.78 is 5.40. The molecule has 0 spiro atoms. The molecule has 0 aromatic rings. The van der Waals surface area contributed by atoms with Crippen LogP contribution in [0.5, 0.6) is 0 Å². The Morgan fingerprint density at radius 1 is 1.07 bits per heavy atom. The Balaban J connectivity index is 2.54. The lowest BCUT2D eigenvalue weighted by atomic mass is 9.94. The van der Waals surface area contributed by atoms with E-state index in [1.54, 1.807) is 0 Å². The van der Waals surface area contributed by atoms with E-state index in [-0.39, 0.29) is 32.2 Å². The molecule has 0 radical (unpaired) electrons. The first-order valence-electron chi connectivity index (χ1n) is 9.35. The number of carbonyl (C=O) groups excluding carboxylic acids is 2. The van der Waals surface area contributed by atoms with Crippen LogP contribution >= 0.6 is 0 Å². The van der Waals surface area contributed by atoms with Crippen LogP contribution in [-0.2, 0) is 19.1 Å². The quantitative estimate of drug-likeness (QED) is 0.164. The first-order valence-corrected chi connectivity index (χ1v) is 9.35. The number of aliphatic hydroxyl groups is 5. The lowest BCUT2D eigenvalue weighted by molar-refractivity contribution is -0.217. The largest absolute Gasteiger partial charge is 0.481 e. The predicted molar refractivity (Wildman–Crippen MR) is 96.5 cm³/mol. The first-order chi connectivity index (χ1) is 13.6. The predicted octanol–water partition coefficient (Wildman–Crippen LogP) is -3.54. The van der Waals surface area contributed by atoms with E-state index in [0.29, 0.717) is 0 Å². The summed E-state index contributed by atoms with van der Waals surface area (Å²) in [6.07, 6.45) is -7.41. The number of carbonyl (C=O) groups is 3. The van der Waals surface area contributed by atoms with Crippen molar-refractivity contribution in [1.29, 1.82) is 0 Å². The van der Waals surface area contributed by atoms with Crippen LogP contribution in [0, 0.1) is 0 Å². The summed E-state index contributed by atoms with van der Waals surface area (Å²) in [7, 11) is 0. The smallest absolute Gasteiger partial charge is 0.303 e. The van der Waals surface area contributed by atoms with Crippen LogP contribution in [0.2, 0.25) is 0 Å². The fourth-order valence-electron chi connectivity index (χ4n) is 2.91. The Labute approximate surface area is 167 Å². The van der Waals surface area contributed by atoms with Crippen molar-refractivity contribution in [2.45, 2.75) is 75.3 Å². The molecule has 8 N–H and O–H groups in total. The summed E-state index contributed by atoms with van der Waals surface area (Å²) in [6, 6.07) is -1.46. The van der Waals surface area contributed by atoms with Crippen molar-refractivity contribution < 1.29 is 49.8 Å². The molecule has 7 atom stereocenters. The van der Waals surface area contributed by atoms with Crippen molar-refractivity contribution in [3.63, 3.8) is 0 Å². The molecule has 0 bridgehead atoms. The molecule has 1 fully saturated rings. The molecule has 29 heavy (non-hydrogen) atoms. The van der Waals surface area contributed by atoms with E-state index < -0.39 is 67.1 Å². The van der Waals surface area contributed by atoms with Gasteiger partial charge in [-0.25, -0.2) is 0 Å². The highest BCUT2D eigenvalue weighted by Gasteiger charge is 2.41. The van der Waals surface area contributed by atoms with E-state index in [9.17, 15) is 34.8 Å². The van der Waals surface area contributed by atoms with E-state index in [4.69, 9.17) is 14.9 Å². The zero-order valence-corrected chi connectivity index (χ0v) is 16.1. The molecular weight excluding hydrogens is 392 g/mol. The maximum atomic E-state index is 12.3. The Morgan fingerprint density at radius 2 is 1.72 bits per heavy atom. The van der Waals surface area contributed by atoms with Gasteiger partial charge in [-0.3, -0.25) is 14.4 Å². The molecule has 2 amide bonds. The van der Waals surface area contributed by atoms with Gasteiger partial charge in [0.25, 0.3) is 0 Å². The van der Waals surface area contributed by atoms with Gasteiger partial charge in [-0.2, -0.15) is 0 Å². The lowest BCUT2D eigenvalue weighted by Gasteiger charge is -2.39. The summed E-state index contributed by atoms with van der Waals surface area (Å²) >= 11 is 0. The lowest BCUT2D eigenvalue weighted by Crippen LogP contribution is -2.57. The van der Waals surface area contributed by atoms with Crippen molar-refractivity contribution in [3.05, 3.63) is 0 Å². The van der Waals surface area contributed by atoms with Gasteiger partial charge < -0.3 is 46.0 Å². The molecule has 0 aromatic heterocycles. The van der Waals surface area contributed by atoms with Gasteiger partial charge in [0.2, 0.25) is 11.8 Å². The second-order valence-electron chi connectivity index (χ2n) is 6.97. The SMILES string of the molecule is C[C@@H]1O[C@@H](CCNC(=O)[C@@H](NC(=O)CCCC(=O)O)[C@H](O)CO)[C@@H](O)[C@H](O)[C@@H]1O. The fraction of sp³-hybridized carbons (Fsp3) is 0.824. The molecule has 168 valence electrons. The number of ether oxygens (including phenoxy) is 1. The third kappa shape index (κ3) is 7.84. The third-order valence-corrected chi connectivity index (χ3v) is 4.64. The number of rotatable bonds is 11. The average Bonchev–Trinajstić information content (AvgIpc) is 2.67. The van der Waals surface area contributed by atoms with Crippen LogP contribution in [0.25, 0.3) is 0 Å². The monoisotopic (exact) mass is 422 g/mol. The highest BCUT2D eigenvalue weighted by atomic mass is 16.5. The van der Waals surface area contributed by atoms with Crippen LogP contribution < -0.4 is 10.6 Å². The fourth-order valence-corrected chi connectivity index (χ4v) is 2.91. The van der Waals surface area contributed by atoms with Gasteiger partial charge in [0.05, 0.1) is 18.8 Å². The highest BCUT2D eigenvalue weighted by molar-refractivity contribution is 5.88. The van der Waals surface area contributed by atoms with Crippen LogP contribution in [0.3, 0.4) is 0 Å². The van der Waals surface area contributed by atoms with E-state index >= 15 is 0 Å². The zero-order valence-electron chi connectivity index (χ0n) is 16.1. The maximum absolute atomic E-state index is 12.3. The zero-order chi connectivity index (χ0) is 22.1. The Morgan fingerprint density at radius 3 is 2.31 bits per heavy atom. The number of hydrogen-bond acceptors (Lipinski definition) is 9. The average molecular weight is 422 g/mol. The third-order valence-electron chi connectivity index (χ3n) is 4.64. The standard InChI is InChI=1S/C17H30N2O10/c1-8-14(25)16(27)15(26)10(29-8)5-6-18-17(28)13(9(21)7-20)19-11(22)3-2-4-12(23)24/h8-10,13-16,20-21,25-27H,2-7H2,1H3,(H,18,28)(H,19,22)(H,23,24)/t8-,9+,10-,13-,14+,15+,16+/m0/s1. The molecule has 1 aliphatic rings. The van der Waals surface area contributed by atoms with Gasteiger partial charge in [0, 0.05) is 19.4 Å². The van der Waals surface area contributed by atoms with Gasteiger partial charge in [-0.05, 0) is 19.8 Å². The molecule has 0 aliphatic carbocycles. The first kappa shape index (κ1) is 25.2. The molecule has 1 rings (SSSR count). The number of aliphatic carboxylic acids is 1. The second kappa shape index (κ2) is 12.0. The molecular formula is C17H30N2O10. The molecule has 0 aromatic carbocycles. The topological polar surface area (TPSA) is 206 Å². The Kier molecular flexibility index (Phi) is 10.4. The van der Waals surface area contributed by atoms with Gasteiger partial charge in [0.15, 0.2) is 0 Å². The molecule has 0 unspecified atom stereocenters. The summed E-state index contributed by atoms with van der Waals surface area (Å²) in [5, 5.41) is 61.5. The van der Waals surface area contributed by atoms with Gasteiger partial charge in [-0.1, -0.05) is 0 Å². The second-order valence-corrected chi connectivity index (χ2v) is 6.97. The maximum Gasteiger partial charge on any atom is 0.303 e. The summed E-state index contributed by atoms with van der Waals surface area (Å²) in [4.78, 5) is 34.6. The number of hydrogen-bond donors (Lipinski definition) is 8. The molecule has 1 heterocycles. The van der Waals surface area contributed by atoms with Crippen molar-refractivity contribution in [2.24, 2.45) is 0 Å². The summed E-state index contributed by atoms with van der Waals surface area (Å²) in [6.45, 7) is 0.693. The van der Waals surface area contributed by atoms with Crippen molar-refractivity contribution in [2.75, 3.05) is 13.2 Å². The Hall–Kier alpha value is -1.83. The van der Waals surface area contributed by atoms with Crippen LogP contribution in [0.4, 0.5) is 0 Å². The molecule has 1 saturated heterocycles. The van der Waals surface area contributed by atoms with Crippen molar-refractivity contribution in [1.82, 2.24) is 10.6 Å². The summed E-state index contributed by atoms with van der Waals surface area (Å²) in [5.41, 5.74) is 0. The van der Waals surface area contributed by atoms with E-state index in [1.165, 1.54) is 6.92 Å². The number of nitrogens with one attached hydrogen (secondary N) is 2. The van der Waals surface area contributed by atoms with Crippen molar-refractivity contribution >= 4 is 17.8 Å². The minimum absolute atomic E-state index is 0.0420. The molecule has 1 aliphatic heterocycles. The van der Waals surface area contributed by atoms with E-state index in [2.05, 4.69) is 10.6 Å². The number of carboxylic acid groups (broad SMARTS) is 1.